The summed E-state index contributed by atoms with van der Waals surface area (Å²) in [5, 5.41) is 0. The molecule has 22 heavy (non-hydrogen) atoms. The summed E-state index contributed by atoms with van der Waals surface area (Å²) >= 11 is 0. The van der Waals surface area contributed by atoms with Crippen molar-refractivity contribution in [2.24, 2.45) is 0 Å². The maximum atomic E-state index is 2.39. The molecule has 0 aromatic carbocycles. The van der Waals surface area contributed by atoms with E-state index in [4.69, 9.17) is 0 Å². The summed E-state index contributed by atoms with van der Waals surface area (Å²) < 4.78 is 0. The Labute approximate surface area is 142 Å². The lowest BCUT2D eigenvalue weighted by Gasteiger charge is -2.10. The van der Waals surface area contributed by atoms with Gasteiger partial charge >= 0.3 is 0 Å². The van der Waals surface area contributed by atoms with Crippen LogP contribution < -0.4 is 0 Å². The largest absolute Gasteiger partial charge is 0.0654 e. The molecular weight excluding hydrogens is 264 g/mol. The summed E-state index contributed by atoms with van der Waals surface area (Å²) in [6, 6.07) is 0. The van der Waals surface area contributed by atoms with Gasteiger partial charge in [-0.2, -0.15) is 0 Å². The monoisotopic (exact) mass is 309 g/mol. The second-order valence-corrected chi connectivity index (χ2v) is 7.41. The van der Waals surface area contributed by atoms with Gasteiger partial charge in [-0.05, 0) is 18.8 Å². The van der Waals surface area contributed by atoms with Gasteiger partial charge in [-0.1, -0.05) is 124 Å². The molecule has 133 valence electrons. The highest BCUT2D eigenvalue weighted by atomic mass is 14.1. The molecule has 0 heteroatoms. The van der Waals surface area contributed by atoms with Gasteiger partial charge in [0, 0.05) is 0 Å². The normalized spacial score (nSPS) is 11.5. The third-order valence-corrected chi connectivity index (χ3v) is 4.91. The lowest BCUT2D eigenvalue weighted by molar-refractivity contribution is 0.541. The zero-order valence-corrected chi connectivity index (χ0v) is 16.2. The van der Waals surface area contributed by atoms with E-state index in [2.05, 4.69) is 20.8 Å². The van der Waals surface area contributed by atoms with Crippen LogP contribution in [0, 0.1) is 5.92 Å². The number of unbranched alkanes of at least 4 members (excludes halogenated alkanes) is 14. The quantitative estimate of drug-likeness (QED) is 0.222. The molecule has 0 N–H and O–H groups in total. The topological polar surface area (TPSA) is 0 Å². The highest BCUT2D eigenvalue weighted by molar-refractivity contribution is 4.83. The predicted octanol–water partition coefficient (Wildman–Crippen LogP) is 8.64. The number of hydrogen-bond acceptors (Lipinski definition) is 0. The first kappa shape index (κ1) is 22.0. The molecule has 0 aromatic heterocycles. The second kappa shape index (κ2) is 19.0. The van der Waals surface area contributed by atoms with Crippen molar-refractivity contribution in [1.82, 2.24) is 0 Å². The molecule has 0 bridgehead atoms. The maximum absolute atomic E-state index is 2.39. The summed E-state index contributed by atoms with van der Waals surface area (Å²) in [5.74, 6) is 1.76. The Hall–Kier alpha value is 0. The van der Waals surface area contributed by atoms with E-state index in [0.29, 0.717) is 0 Å². The van der Waals surface area contributed by atoms with Crippen LogP contribution in [0.25, 0.3) is 0 Å². The average Bonchev–Trinajstić information content (AvgIpc) is 2.52. The maximum Gasteiger partial charge on any atom is -0.0272 e. The minimum absolute atomic E-state index is 1.37. The minimum Gasteiger partial charge on any atom is -0.0654 e. The van der Waals surface area contributed by atoms with Gasteiger partial charge in [0.15, 0.2) is 0 Å². The van der Waals surface area contributed by atoms with Crippen molar-refractivity contribution in [1.29, 1.82) is 0 Å². The van der Waals surface area contributed by atoms with E-state index in [1.54, 1.807) is 5.92 Å². The first-order chi connectivity index (χ1) is 10.8. The van der Waals surface area contributed by atoms with Crippen LogP contribution in [0.1, 0.15) is 136 Å². The van der Waals surface area contributed by atoms with Gasteiger partial charge in [0.05, 0.1) is 0 Å². The molecular formula is C22H45. The van der Waals surface area contributed by atoms with Crippen LogP contribution in [0.4, 0.5) is 0 Å². The van der Waals surface area contributed by atoms with Gasteiger partial charge in [-0.15, -0.1) is 0 Å². The summed E-state index contributed by atoms with van der Waals surface area (Å²) in [6.07, 6.45) is 25.9. The molecule has 0 aliphatic heterocycles. The smallest absolute Gasteiger partial charge is 0.0272 e. The number of rotatable bonds is 18. The van der Waals surface area contributed by atoms with Crippen LogP contribution in [0.5, 0.6) is 0 Å². The third kappa shape index (κ3) is 18.1. The molecule has 0 atom stereocenters. The fraction of sp³-hybridized carbons (Fsp3) is 0.955. The van der Waals surface area contributed by atoms with E-state index in [9.17, 15) is 0 Å². The lowest BCUT2D eigenvalue weighted by Crippen LogP contribution is -1.93. The number of hydrogen-bond donors (Lipinski definition) is 0. The first-order valence-electron chi connectivity index (χ1n) is 10.6. The Morgan fingerprint density at radius 3 is 1.00 bits per heavy atom. The first-order valence-corrected chi connectivity index (χ1v) is 10.6. The van der Waals surface area contributed by atoms with E-state index >= 15 is 0 Å². The van der Waals surface area contributed by atoms with Gasteiger partial charge in [0.2, 0.25) is 0 Å². The summed E-state index contributed by atoms with van der Waals surface area (Å²) in [4.78, 5) is 0. The fourth-order valence-electron chi connectivity index (χ4n) is 3.25. The van der Waals surface area contributed by atoms with E-state index in [1.807, 2.05) is 0 Å². The Bertz CT molecular complexity index is 164. The SMILES string of the molecule is CCCCCCCCCC[C](C)CCCCCCCCCC. The van der Waals surface area contributed by atoms with Gasteiger partial charge in [-0.3, -0.25) is 0 Å². The van der Waals surface area contributed by atoms with Gasteiger partial charge < -0.3 is 0 Å². The molecule has 0 amide bonds. The van der Waals surface area contributed by atoms with Crippen molar-refractivity contribution >= 4 is 0 Å². The molecule has 0 fully saturated rings. The van der Waals surface area contributed by atoms with Crippen molar-refractivity contribution in [3.63, 3.8) is 0 Å². The van der Waals surface area contributed by atoms with E-state index < -0.39 is 0 Å². The summed E-state index contributed by atoms with van der Waals surface area (Å²) in [7, 11) is 0. The molecule has 0 nitrogen and oxygen atoms in total. The molecule has 0 unspecified atom stereocenters. The predicted molar refractivity (Wildman–Crippen MR) is 103 cm³/mol. The standard InChI is InChI=1S/C22H45/c1-4-6-8-10-12-14-16-18-20-22(3)21-19-17-15-13-11-9-7-5-2/h4-21H2,1-3H3. The molecule has 0 heterocycles. The van der Waals surface area contributed by atoms with E-state index in [-0.39, 0.29) is 0 Å². The molecule has 1 radical (unpaired) electrons. The zero-order chi connectivity index (χ0) is 16.3. The molecule has 0 aliphatic carbocycles. The Morgan fingerprint density at radius 2 is 0.682 bits per heavy atom. The molecule has 0 spiro atoms. The van der Waals surface area contributed by atoms with Crippen LogP contribution >= 0.6 is 0 Å². The van der Waals surface area contributed by atoms with Crippen LogP contribution in [0.2, 0.25) is 0 Å². The summed E-state index contributed by atoms with van der Waals surface area (Å²) in [5.41, 5.74) is 0. The van der Waals surface area contributed by atoms with Crippen LogP contribution in [0.15, 0.2) is 0 Å². The molecule has 0 aromatic rings. The second-order valence-electron chi connectivity index (χ2n) is 7.41. The molecule has 0 saturated heterocycles. The van der Waals surface area contributed by atoms with Crippen molar-refractivity contribution < 1.29 is 0 Å². The van der Waals surface area contributed by atoms with Crippen LogP contribution in [-0.4, -0.2) is 0 Å². The zero-order valence-electron chi connectivity index (χ0n) is 16.2. The van der Waals surface area contributed by atoms with E-state index in [0.717, 1.165) is 0 Å². The lowest BCUT2D eigenvalue weighted by atomic mass is 9.96. The molecule has 0 aliphatic rings. The van der Waals surface area contributed by atoms with Crippen molar-refractivity contribution in [3.8, 4) is 0 Å². The van der Waals surface area contributed by atoms with Crippen LogP contribution in [-0.2, 0) is 0 Å². The summed E-state index contributed by atoms with van der Waals surface area (Å²) in [6.45, 7) is 6.98. The molecule has 0 saturated carbocycles. The van der Waals surface area contributed by atoms with Gasteiger partial charge in [0.25, 0.3) is 0 Å². The fourth-order valence-corrected chi connectivity index (χ4v) is 3.25. The third-order valence-electron chi connectivity index (χ3n) is 4.91. The Balaban J connectivity index is 3.11. The van der Waals surface area contributed by atoms with Crippen LogP contribution in [0.3, 0.4) is 0 Å². The van der Waals surface area contributed by atoms with Crippen molar-refractivity contribution in [2.75, 3.05) is 0 Å². The average molecular weight is 310 g/mol. The highest BCUT2D eigenvalue weighted by Gasteiger charge is 2.02. The highest BCUT2D eigenvalue weighted by Crippen LogP contribution is 2.20. The Kier molecular flexibility index (Phi) is 19.0. The minimum atomic E-state index is 1.37. The van der Waals surface area contributed by atoms with Crippen molar-refractivity contribution in [3.05, 3.63) is 5.92 Å². The van der Waals surface area contributed by atoms with E-state index in [1.165, 1.54) is 116 Å². The Morgan fingerprint density at radius 1 is 0.409 bits per heavy atom. The molecule has 0 rings (SSSR count). The van der Waals surface area contributed by atoms with Gasteiger partial charge in [0.1, 0.15) is 0 Å². The van der Waals surface area contributed by atoms with Gasteiger partial charge in [-0.25, -0.2) is 0 Å². The van der Waals surface area contributed by atoms with Crippen molar-refractivity contribution in [2.45, 2.75) is 136 Å².